The van der Waals surface area contributed by atoms with E-state index in [0.29, 0.717) is 13.2 Å². The quantitative estimate of drug-likeness (QED) is 0.604. The van der Waals surface area contributed by atoms with Crippen molar-refractivity contribution in [2.75, 3.05) is 26.2 Å². The Morgan fingerprint density at radius 3 is 2.69 bits per heavy atom. The van der Waals surface area contributed by atoms with Gasteiger partial charge in [-0.25, -0.2) is 0 Å². The highest BCUT2D eigenvalue weighted by Gasteiger charge is 2.21. The molecule has 16 heavy (non-hydrogen) atoms. The van der Waals surface area contributed by atoms with E-state index in [1.54, 1.807) is 0 Å². The van der Waals surface area contributed by atoms with Crippen LogP contribution in [0.25, 0.3) is 0 Å². The number of hydrogen-bond donors (Lipinski definition) is 1. The molecule has 1 aliphatic rings. The zero-order valence-electron chi connectivity index (χ0n) is 9.68. The van der Waals surface area contributed by atoms with Crippen LogP contribution >= 0.6 is 24.8 Å². The molecule has 0 spiro atoms. The Kier molecular flexibility index (Phi) is 11.6. The monoisotopic (exact) mass is 272 g/mol. The second-order valence-electron chi connectivity index (χ2n) is 3.86. The minimum absolute atomic E-state index is 0. The van der Waals surface area contributed by atoms with Gasteiger partial charge in [0.2, 0.25) is 0 Å². The molecule has 0 bridgehead atoms. The number of halogens is 2. The Labute approximate surface area is 110 Å². The van der Waals surface area contributed by atoms with E-state index >= 15 is 0 Å². The Hall–Kier alpha value is -0.0300. The number of likely N-dealkylation sites (tertiary alicyclic amines) is 1. The molecule has 2 N–H and O–H groups in total. The fourth-order valence-corrected chi connectivity index (χ4v) is 1.56. The van der Waals surface area contributed by atoms with Gasteiger partial charge < -0.3 is 10.5 Å². The zero-order chi connectivity index (χ0) is 10.4. The van der Waals surface area contributed by atoms with Crippen molar-refractivity contribution in [2.24, 2.45) is 5.73 Å². The van der Waals surface area contributed by atoms with Crippen molar-refractivity contribution in [3.63, 3.8) is 0 Å². The summed E-state index contributed by atoms with van der Waals surface area (Å²) in [6.45, 7) is 4.77. The van der Waals surface area contributed by atoms with Crippen LogP contribution in [0.1, 0.15) is 26.2 Å². The molecular formula is C10H22Cl2N2O2. The van der Waals surface area contributed by atoms with Gasteiger partial charge in [0.05, 0.1) is 13.2 Å². The van der Waals surface area contributed by atoms with E-state index in [2.05, 4.69) is 11.8 Å². The van der Waals surface area contributed by atoms with Gasteiger partial charge in [0, 0.05) is 19.1 Å². The summed E-state index contributed by atoms with van der Waals surface area (Å²) in [6.07, 6.45) is 3.00. The van der Waals surface area contributed by atoms with Crippen LogP contribution in [-0.4, -0.2) is 43.2 Å². The van der Waals surface area contributed by atoms with Crippen molar-refractivity contribution in [3.05, 3.63) is 0 Å². The highest BCUT2D eigenvalue weighted by Crippen LogP contribution is 2.06. The predicted octanol–water partition coefficient (Wildman–Crippen LogP) is 1.21. The highest BCUT2D eigenvalue weighted by atomic mass is 35.5. The lowest BCUT2D eigenvalue weighted by atomic mass is 10.3. The predicted molar refractivity (Wildman–Crippen MR) is 69.4 cm³/mol. The standard InChI is InChI=1S/C10H20N2O2.2ClH/c1-2-3-6-14-10(13)8-12-5-4-9(11)7-12;;/h9H,2-8,11H2,1H3;2*1H/t9-;;/m0../s1. The molecule has 0 aliphatic carbocycles. The van der Waals surface area contributed by atoms with Crippen LogP contribution in [0.4, 0.5) is 0 Å². The summed E-state index contributed by atoms with van der Waals surface area (Å²) >= 11 is 0. The first-order chi connectivity index (χ1) is 6.72. The van der Waals surface area contributed by atoms with Crippen molar-refractivity contribution in [3.8, 4) is 0 Å². The third-order valence-corrected chi connectivity index (χ3v) is 2.42. The third-order valence-electron chi connectivity index (χ3n) is 2.42. The average molecular weight is 273 g/mol. The molecule has 1 atom stereocenters. The molecule has 0 aromatic carbocycles. The number of ether oxygens (including phenoxy) is 1. The molecule has 6 heteroatoms. The molecule has 98 valence electrons. The second-order valence-corrected chi connectivity index (χ2v) is 3.86. The maximum atomic E-state index is 11.3. The van der Waals surface area contributed by atoms with E-state index in [0.717, 1.165) is 32.4 Å². The van der Waals surface area contributed by atoms with E-state index in [-0.39, 0.29) is 36.8 Å². The average Bonchev–Trinajstić information content (AvgIpc) is 2.52. The normalized spacial score (nSPS) is 19.8. The van der Waals surface area contributed by atoms with E-state index in [1.165, 1.54) is 0 Å². The SMILES string of the molecule is CCCCOC(=O)CN1CC[C@H](N)C1.Cl.Cl. The molecule has 0 aromatic heterocycles. The van der Waals surface area contributed by atoms with Crippen LogP contribution in [0.15, 0.2) is 0 Å². The Bertz CT molecular complexity index is 194. The number of rotatable bonds is 5. The molecule has 1 aliphatic heterocycles. The number of esters is 1. The summed E-state index contributed by atoms with van der Waals surface area (Å²) in [5.74, 6) is -0.118. The number of carbonyl (C=O) groups excluding carboxylic acids is 1. The Morgan fingerprint density at radius 2 is 2.19 bits per heavy atom. The molecule has 0 radical (unpaired) electrons. The van der Waals surface area contributed by atoms with Crippen LogP contribution in [0.3, 0.4) is 0 Å². The van der Waals surface area contributed by atoms with E-state index in [4.69, 9.17) is 10.5 Å². The smallest absolute Gasteiger partial charge is 0.320 e. The maximum absolute atomic E-state index is 11.3. The van der Waals surface area contributed by atoms with Gasteiger partial charge in [-0.1, -0.05) is 13.3 Å². The van der Waals surface area contributed by atoms with Gasteiger partial charge in [-0.15, -0.1) is 24.8 Å². The van der Waals surface area contributed by atoms with E-state index in [1.807, 2.05) is 0 Å². The van der Waals surface area contributed by atoms with Gasteiger partial charge in [0.1, 0.15) is 0 Å². The number of nitrogens with zero attached hydrogens (tertiary/aromatic N) is 1. The lowest BCUT2D eigenvalue weighted by Crippen LogP contribution is -2.31. The molecule has 1 rings (SSSR count). The molecule has 1 saturated heterocycles. The second kappa shape index (κ2) is 10.1. The van der Waals surface area contributed by atoms with Gasteiger partial charge in [0.15, 0.2) is 0 Å². The summed E-state index contributed by atoms with van der Waals surface area (Å²) in [5, 5.41) is 0. The highest BCUT2D eigenvalue weighted by molar-refractivity contribution is 5.85. The molecule has 4 nitrogen and oxygen atoms in total. The first kappa shape index (κ1) is 18.3. The van der Waals surface area contributed by atoms with Crippen molar-refractivity contribution in [1.29, 1.82) is 0 Å². The number of hydrogen-bond acceptors (Lipinski definition) is 4. The lowest BCUT2D eigenvalue weighted by Gasteiger charge is -2.13. The maximum Gasteiger partial charge on any atom is 0.320 e. The van der Waals surface area contributed by atoms with Crippen molar-refractivity contribution < 1.29 is 9.53 Å². The fraction of sp³-hybridized carbons (Fsp3) is 0.900. The molecule has 0 unspecified atom stereocenters. The summed E-state index contributed by atoms with van der Waals surface area (Å²) < 4.78 is 5.06. The lowest BCUT2D eigenvalue weighted by molar-refractivity contribution is -0.144. The largest absolute Gasteiger partial charge is 0.465 e. The molecular weight excluding hydrogens is 251 g/mol. The van der Waals surface area contributed by atoms with Gasteiger partial charge >= 0.3 is 5.97 Å². The minimum Gasteiger partial charge on any atom is -0.465 e. The molecule has 0 aromatic rings. The van der Waals surface area contributed by atoms with Gasteiger partial charge in [-0.3, -0.25) is 9.69 Å². The van der Waals surface area contributed by atoms with Crippen LogP contribution < -0.4 is 5.73 Å². The molecule has 0 saturated carbocycles. The summed E-state index contributed by atoms with van der Waals surface area (Å²) in [4.78, 5) is 13.3. The van der Waals surface area contributed by atoms with Crippen molar-refractivity contribution in [2.45, 2.75) is 32.2 Å². The molecule has 1 fully saturated rings. The van der Waals surface area contributed by atoms with Gasteiger partial charge in [0.25, 0.3) is 0 Å². The van der Waals surface area contributed by atoms with Gasteiger partial charge in [-0.2, -0.15) is 0 Å². The first-order valence-corrected chi connectivity index (χ1v) is 5.36. The Morgan fingerprint density at radius 1 is 1.50 bits per heavy atom. The summed E-state index contributed by atoms with van der Waals surface area (Å²) in [6, 6.07) is 0.235. The van der Waals surface area contributed by atoms with Crippen LogP contribution in [0.2, 0.25) is 0 Å². The Balaban J connectivity index is 0. The van der Waals surface area contributed by atoms with Crippen LogP contribution in [0, 0.1) is 0 Å². The first-order valence-electron chi connectivity index (χ1n) is 5.36. The number of carbonyl (C=O) groups is 1. The van der Waals surface area contributed by atoms with Crippen molar-refractivity contribution >= 4 is 30.8 Å². The van der Waals surface area contributed by atoms with E-state index < -0.39 is 0 Å². The molecule has 0 amide bonds. The third kappa shape index (κ3) is 7.28. The summed E-state index contributed by atoms with van der Waals surface area (Å²) in [7, 11) is 0. The van der Waals surface area contributed by atoms with Gasteiger partial charge in [-0.05, 0) is 12.8 Å². The minimum atomic E-state index is -0.118. The summed E-state index contributed by atoms with van der Waals surface area (Å²) in [5.41, 5.74) is 5.73. The van der Waals surface area contributed by atoms with Crippen LogP contribution in [-0.2, 0) is 9.53 Å². The van der Waals surface area contributed by atoms with Crippen LogP contribution in [0.5, 0.6) is 0 Å². The van der Waals surface area contributed by atoms with E-state index in [9.17, 15) is 4.79 Å². The van der Waals surface area contributed by atoms with Crippen molar-refractivity contribution in [1.82, 2.24) is 4.90 Å². The molecule has 1 heterocycles. The fourth-order valence-electron chi connectivity index (χ4n) is 1.56. The number of unbranched alkanes of at least 4 members (excludes halogenated alkanes) is 1. The topological polar surface area (TPSA) is 55.6 Å². The zero-order valence-corrected chi connectivity index (χ0v) is 11.3. The number of nitrogens with two attached hydrogens (primary N) is 1.